The second-order valence-electron chi connectivity index (χ2n) is 3.93. The molecule has 0 aliphatic carbocycles. The van der Waals surface area contributed by atoms with E-state index in [1.807, 2.05) is 24.3 Å². The first-order valence-electron chi connectivity index (χ1n) is 5.51. The first kappa shape index (κ1) is 10.6. The number of ether oxygens (including phenoxy) is 1. The van der Waals surface area contributed by atoms with Gasteiger partial charge in [0.15, 0.2) is 5.65 Å². The Morgan fingerprint density at radius 1 is 1.17 bits per heavy atom. The third-order valence-corrected chi connectivity index (χ3v) is 2.80. The Morgan fingerprint density at radius 3 is 2.72 bits per heavy atom. The third kappa shape index (κ3) is 1.66. The molecule has 0 fully saturated rings. The molecule has 5 nitrogen and oxygen atoms in total. The van der Waals surface area contributed by atoms with E-state index in [2.05, 4.69) is 15.0 Å². The molecule has 3 rings (SSSR count). The molecule has 5 heteroatoms. The molecule has 0 saturated carbocycles. The van der Waals surface area contributed by atoms with Gasteiger partial charge in [0.2, 0.25) is 0 Å². The highest BCUT2D eigenvalue weighted by Crippen LogP contribution is 2.28. The van der Waals surface area contributed by atoms with Gasteiger partial charge in [-0.1, -0.05) is 0 Å². The standard InChI is InChI=1S/C13H12N4O/c1-18-12-3-2-8(6-9(12)14)10-7-11-13(17-10)16-5-4-15-11/h2-7H,14H2,1H3,(H,16,17). The van der Waals surface area contributed by atoms with Gasteiger partial charge in [-0.3, -0.25) is 4.98 Å². The second-order valence-corrected chi connectivity index (χ2v) is 3.93. The molecule has 3 N–H and O–H groups in total. The predicted octanol–water partition coefficient (Wildman–Crippen LogP) is 2.22. The largest absolute Gasteiger partial charge is 0.495 e. The van der Waals surface area contributed by atoms with Gasteiger partial charge in [0, 0.05) is 23.7 Å². The van der Waals surface area contributed by atoms with E-state index in [-0.39, 0.29) is 0 Å². The molecular formula is C13H12N4O. The van der Waals surface area contributed by atoms with Gasteiger partial charge in [0.25, 0.3) is 0 Å². The van der Waals surface area contributed by atoms with Gasteiger partial charge in [-0.05, 0) is 24.3 Å². The number of nitrogen functional groups attached to an aromatic ring is 1. The summed E-state index contributed by atoms with van der Waals surface area (Å²) in [6, 6.07) is 7.60. The quantitative estimate of drug-likeness (QED) is 0.673. The zero-order valence-electron chi connectivity index (χ0n) is 9.84. The fraction of sp³-hybridized carbons (Fsp3) is 0.0769. The molecule has 0 bridgehead atoms. The monoisotopic (exact) mass is 240 g/mol. The van der Waals surface area contributed by atoms with Crippen molar-refractivity contribution in [3.8, 4) is 17.0 Å². The molecule has 90 valence electrons. The Bertz CT molecular complexity index is 672. The summed E-state index contributed by atoms with van der Waals surface area (Å²) in [5.41, 5.74) is 10.0. The van der Waals surface area contributed by atoms with Crippen LogP contribution in [0, 0.1) is 0 Å². The van der Waals surface area contributed by atoms with Crippen LogP contribution in [0.25, 0.3) is 22.4 Å². The molecule has 2 aromatic heterocycles. The van der Waals surface area contributed by atoms with Crippen LogP contribution in [0.2, 0.25) is 0 Å². The second kappa shape index (κ2) is 4.03. The number of hydrogen-bond donors (Lipinski definition) is 2. The van der Waals surface area contributed by atoms with Crippen LogP contribution in [-0.4, -0.2) is 22.1 Å². The molecule has 0 saturated heterocycles. The number of anilines is 1. The minimum atomic E-state index is 0.606. The van der Waals surface area contributed by atoms with Gasteiger partial charge in [0.05, 0.1) is 12.8 Å². The highest BCUT2D eigenvalue weighted by Gasteiger charge is 2.07. The molecule has 0 unspecified atom stereocenters. The summed E-state index contributed by atoms with van der Waals surface area (Å²) in [5.74, 6) is 0.672. The summed E-state index contributed by atoms with van der Waals surface area (Å²) >= 11 is 0. The molecule has 0 aliphatic heterocycles. The van der Waals surface area contributed by atoms with Crippen molar-refractivity contribution in [3.63, 3.8) is 0 Å². The Kier molecular flexibility index (Phi) is 2.37. The highest BCUT2D eigenvalue weighted by atomic mass is 16.5. The highest BCUT2D eigenvalue weighted by molar-refractivity contribution is 5.80. The average Bonchev–Trinajstić information content (AvgIpc) is 2.82. The molecule has 0 amide bonds. The maximum Gasteiger partial charge on any atom is 0.156 e. The first-order chi connectivity index (χ1) is 8.78. The van der Waals surface area contributed by atoms with Crippen LogP contribution in [0.5, 0.6) is 5.75 Å². The Morgan fingerprint density at radius 2 is 2.00 bits per heavy atom. The van der Waals surface area contributed by atoms with Crippen molar-refractivity contribution in [3.05, 3.63) is 36.7 Å². The van der Waals surface area contributed by atoms with Crippen LogP contribution in [0.15, 0.2) is 36.7 Å². The van der Waals surface area contributed by atoms with E-state index in [0.29, 0.717) is 11.4 Å². The van der Waals surface area contributed by atoms with Gasteiger partial charge in [0.1, 0.15) is 11.3 Å². The minimum absolute atomic E-state index is 0.606. The SMILES string of the molecule is COc1ccc(-c2cc3nccnc3[nH]2)cc1N. The maximum absolute atomic E-state index is 5.89. The van der Waals surface area contributed by atoms with Crippen LogP contribution in [-0.2, 0) is 0 Å². The van der Waals surface area contributed by atoms with E-state index < -0.39 is 0 Å². The van der Waals surface area contributed by atoms with Crippen molar-refractivity contribution in [1.29, 1.82) is 0 Å². The van der Waals surface area contributed by atoms with Crippen molar-refractivity contribution >= 4 is 16.9 Å². The fourth-order valence-corrected chi connectivity index (χ4v) is 1.91. The lowest BCUT2D eigenvalue weighted by Gasteiger charge is -2.05. The van der Waals surface area contributed by atoms with E-state index in [0.717, 1.165) is 22.4 Å². The number of nitrogens with one attached hydrogen (secondary N) is 1. The number of rotatable bonds is 2. The topological polar surface area (TPSA) is 76.8 Å². The molecule has 0 aliphatic rings. The molecule has 0 radical (unpaired) electrons. The summed E-state index contributed by atoms with van der Waals surface area (Å²) in [5, 5.41) is 0. The number of fused-ring (bicyclic) bond motifs is 1. The normalized spacial score (nSPS) is 10.7. The molecule has 1 aromatic carbocycles. The zero-order chi connectivity index (χ0) is 12.5. The van der Waals surface area contributed by atoms with Crippen molar-refractivity contribution in [2.24, 2.45) is 0 Å². The van der Waals surface area contributed by atoms with Crippen molar-refractivity contribution in [2.75, 3.05) is 12.8 Å². The van der Waals surface area contributed by atoms with Crippen LogP contribution in [0.4, 0.5) is 5.69 Å². The van der Waals surface area contributed by atoms with E-state index >= 15 is 0 Å². The molecule has 0 atom stereocenters. The maximum atomic E-state index is 5.89. The number of H-pyrrole nitrogens is 1. The van der Waals surface area contributed by atoms with Crippen molar-refractivity contribution in [2.45, 2.75) is 0 Å². The number of hydrogen-bond acceptors (Lipinski definition) is 4. The van der Waals surface area contributed by atoms with Gasteiger partial charge >= 0.3 is 0 Å². The Labute approximate surface area is 104 Å². The number of methoxy groups -OCH3 is 1. The Hall–Kier alpha value is -2.56. The van der Waals surface area contributed by atoms with E-state index in [1.54, 1.807) is 19.5 Å². The number of nitrogens with two attached hydrogens (primary N) is 1. The number of aromatic nitrogens is 3. The van der Waals surface area contributed by atoms with Crippen LogP contribution >= 0.6 is 0 Å². The van der Waals surface area contributed by atoms with Crippen LogP contribution < -0.4 is 10.5 Å². The third-order valence-electron chi connectivity index (χ3n) is 2.80. The lowest BCUT2D eigenvalue weighted by atomic mass is 10.1. The first-order valence-corrected chi connectivity index (χ1v) is 5.51. The molecule has 0 spiro atoms. The van der Waals surface area contributed by atoms with Crippen LogP contribution in [0.1, 0.15) is 0 Å². The van der Waals surface area contributed by atoms with Crippen molar-refractivity contribution < 1.29 is 4.74 Å². The van der Waals surface area contributed by atoms with E-state index in [1.165, 1.54) is 0 Å². The smallest absolute Gasteiger partial charge is 0.156 e. The number of benzene rings is 1. The fourth-order valence-electron chi connectivity index (χ4n) is 1.91. The molecule has 3 aromatic rings. The lowest BCUT2D eigenvalue weighted by Crippen LogP contribution is -1.92. The molecule has 2 heterocycles. The lowest BCUT2D eigenvalue weighted by molar-refractivity contribution is 0.417. The minimum Gasteiger partial charge on any atom is -0.495 e. The van der Waals surface area contributed by atoms with Gasteiger partial charge in [-0.2, -0.15) is 0 Å². The predicted molar refractivity (Wildman–Crippen MR) is 70.3 cm³/mol. The summed E-state index contributed by atoms with van der Waals surface area (Å²) in [7, 11) is 1.60. The zero-order valence-corrected chi connectivity index (χ0v) is 9.84. The summed E-state index contributed by atoms with van der Waals surface area (Å²) in [6.45, 7) is 0. The van der Waals surface area contributed by atoms with Gasteiger partial charge < -0.3 is 15.5 Å². The molecular weight excluding hydrogens is 228 g/mol. The van der Waals surface area contributed by atoms with E-state index in [9.17, 15) is 0 Å². The molecule has 18 heavy (non-hydrogen) atoms. The summed E-state index contributed by atoms with van der Waals surface area (Å²) in [6.07, 6.45) is 3.33. The van der Waals surface area contributed by atoms with Crippen LogP contribution in [0.3, 0.4) is 0 Å². The number of aromatic amines is 1. The van der Waals surface area contributed by atoms with Crippen molar-refractivity contribution in [1.82, 2.24) is 15.0 Å². The summed E-state index contributed by atoms with van der Waals surface area (Å²) in [4.78, 5) is 11.6. The van der Waals surface area contributed by atoms with Gasteiger partial charge in [-0.15, -0.1) is 0 Å². The van der Waals surface area contributed by atoms with Gasteiger partial charge in [-0.25, -0.2) is 4.98 Å². The number of nitrogens with zero attached hydrogens (tertiary/aromatic N) is 2. The van der Waals surface area contributed by atoms with E-state index in [4.69, 9.17) is 10.5 Å². The summed E-state index contributed by atoms with van der Waals surface area (Å²) < 4.78 is 5.13. The Balaban J connectivity index is 2.11. The average molecular weight is 240 g/mol.